The Morgan fingerprint density at radius 1 is 0.444 bits per heavy atom. The second-order valence-electron chi connectivity index (χ2n) is 23.7. The van der Waals surface area contributed by atoms with Crippen LogP contribution in [0.5, 0.6) is 0 Å². The van der Waals surface area contributed by atoms with Crippen molar-refractivity contribution in [1.82, 2.24) is 50.7 Å². The van der Waals surface area contributed by atoms with E-state index < -0.39 is 126 Å². The Morgan fingerprint density at radius 2 is 0.778 bits per heavy atom. The number of aliphatic hydroxyl groups is 1. The van der Waals surface area contributed by atoms with Gasteiger partial charge in [0.25, 0.3) is 0 Å². The lowest BCUT2D eigenvalue weighted by atomic mass is 9.99. The van der Waals surface area contributed by atoms with Crippen LogP contribution in [0.2, 0.25) is 0 Å². The predicted molar refractivity (Wildman–Crippen MR) is 305 cm³/mol. The number of likely N-dealkylation sites (N-methyl/N-ethyl adjacent to an activating group) is 4. The number of hydrogen-bond donors (Lipinski definition) is 5. The maximum Gasteiger partial charge on any atom is 0.248 e. The molecule has 2 aromatic carbocycles. The van der Waals surface area contributed by atoms with Gasteiger partial charge >= 0.3 is 0 Å². The minimum absolute atomic E-state index is 0.0182. The van der Waals surface area contributed by atoms with Crippen molar-refractivity contribution in [2.45, 2.75) is 187 Å². The van der Waals surface area contributed by atoms with Gasteiger partial charge in [0, 0.05) is 54.1 Å². The zero-order chi connectivity index (χ0) is 60.2. The Kier molecular flexibility index (Phi) is 23.4. The van der Waals surface area contributed by atoms with Crippen LogP contribution in [0.4, 0.5) is 0 Å². The Balaban J connectivity index is 1.60. The summed E-state index contributed by atoms with van der Waals surface area (Å²) in [6, 6.07) is 6.00. The Labute approximate surface area is 478 Å². The molecule has 0 unspecified atom stereocenters. The number of carbonyl (C=O) groups excluding carboxylic acids is 10. The molecule has 2 aromatic rings. The van der Waals surface area contributed by atoms with Gasteiger partial charge in [-0.25, -0.2) is 0 Å². The number of fused-ring (bicyclic) bond motifs is 2. The number of benzene rings is 2. The van der Waals surface area contributed by atoms with E-state index in [1.807, 2.05) is 65.8 Å². The van der Waals surface area contributed by atoms with Crippen LogP contribution in [0, 0.1) is 17.8 Å². The van der Waals surface area contributed by atoms with Gasteiger partial charge in [-0.3, -0.25) is 47.9 Å². The van der Waals surface area contributed by atoms with Crippen molar-refractivity contribution in [2.75, 3.05) is 41.3 Å². The fourth-order valence-electron chi connectivity index (χ4n) is 11.0. The highest BCUT2D eigenvalue weighted by Gasteiger charge is 2.46. The van der Waals surface area contributed by atoms with Gasteiger partial charge in [0.05, 0.1) is 6.10 Å². The second-order valence-corrected chi connectivity index (χ2v) is 23.7. The Morgan fingerprint density at radius 3 is 1.14 bits per heavy atom. The van der Waals surface area contributed by atoms with Gasteiger partial charge in [-0.2, -0.15) is 0 Å². The van der Waals surface area contributed by atoms with Crippen LogP contribution in [0.1, 0.15) is 118 Å². The van der Waals surface area contributed by atoms with E-state index in [1.165, 1.54) is 73.5 Å². The van der Waals surface area contributed by atoms with Gasteiger partial charge in [0.2, 0.25) is 59.1 Å². The SMILES string of the molecule is CC(C)C[C@@H]1NC(=O)[C@H](Cc2ccccc2)N(C)C(=O)[C@H]2CCCN2C(=O)[C@H](CC(C)C)NC(=O)[C@H](C)N(C)C(=O)[C@H](CC(C)C)NC(=O)[C@H](Cc2ccccc2)N(C)C(=O)[C@H]2CCCN2C(=O)[C@H]([C@@H](C)O)NC(=O)[C@H](C)N(C)C1=O. The third kappa shape index (κ3) is 16.6. The predicted octanol–water partition coefficient (Wildman–Crippen LogP) is 2.27. The van der Waals surface area contributed by atoms with Crippen LogP contribution in [-0.2, 0) is 60.8 Å². The monoisotopic (exact) mass is 1130 g/mol. The zero-order valence-corrected chi connectivity index (χ0v) is 49.8. The van der Waals surface area contributed by atoms with E-state index in [4.69, 9.17) is 0 Å². The molecule has 3 heterocycles. The lowest BCUT2D eigenvalue weighted by Gasteiger charge is -2.37. The van der Waals surface area contributed by atoms with Crippen molar-refractivity contribution in [3.63, 3.8) is 0 Å². The third-order valence-electron chi connectivity index (χ3n) is 16.0. The normalized spacial score (nSPS) is 27.6. The molecular formula is C60H90N10O11. The fourth-order valence-corrected chi connectivity index (χ4v) is 11.0. The number of amides is 10. The molecule has 5 rings (SSSR count). The van der Waals surface area contributed by atoms with Crippen LogP contribution >= 0.6 is 0 Å². The Bertz CT molecular complexity index is 2550. The minimum atomic E-state index is -1.57. The van der Waals surface area contributed by atoms with E-state index in [0.29, 0.717) is 24.0 Å². The fraction of sp³-hybridized carbons (Fsp3) is 0.633. The van der Waals surface area contributed by atoms with Crippen molar-refractivity contribution in [2.24, 2.45) is 17.8 Å². The first-order valence-electron chi connectivity index (χ1n) is 28.8. The van der Waals surface area contributed by atoms with E-state index >= 15 is 0 Å². The number of hydrogen-bond acceptors (Lipinski definition) is 11. The summed E-state index contributed by atoms with van der Waals surface area (Å²) in [5.74, 6) is -6.79. The first-order chi connectivity index (χ1) is 38.1. The smallest absolute Gasteiger partial charge is 0.248 e. The average Bonchev–Trinajstić information content (AvgIpc) is 4.17. The third-order valence-corrected chi connectivity index (χ3v) is 16.0. The molecule has 3 fully saturated rings. The van der Waals surface area contributed by atoms with Gasteiger partial charge < -0.3 is 55.8 Å². The van der Waals surface area contributed by atoms with Gasteiger partial charge in [-0.05, 0) is 94.6 Å². The van der Waals surface area contributed by atoms with Gasteiger partial charge in [0.1, 0.15) is 60.4 Å². The van der Waals surface area contributed by atoms with E-state index in [1.54, 1.807) is 36.4 Å². The summed E-state index contributed by atoms with van der Waals surface area (Å²) in [6.45, 7) is 15.8. The van der Waals surface area contributed by atoms with Crippen molar-refractivity contribution in [1.29, 1.82) is 0 Å². The molecule has 5 N–H and O–H groups in total. The highest BCUT2D eigenvalue weighted by atomic mass is 16.3. The molecule has 0 aromatic heterocycles. The molecule has 10 amide bonds. The number of aliphatic hydroxyl groups excluding tert-OH is 1. The highest BCUT2D eigenvalue weighted by molar-refractivity contribution is 6.00. The first-order valence-corrected chi connectivity index (χ1v) is 28.8. The molecule has 3 saturated heterocycles. The largest absolute Gasteiger partial charge is 0.391 e. The van der Waals surface area contributed by atoms with Crippen LogP contribution < -0.4 is 21.3 Å². The molecule has 81 heavy (non-hydrogen) atoms. The van der Waals surface area contributed by atoms with Crippen LogP contribution in [0.15, 0.2) is 60.7 Å². The van der Waals surface area contributed by atoms with Crippen LogP contribution in [-0.4, -0.2) is 201 Å². The number of carbonyl (C=O) groups is 10. The van der Waals surface area contributed by atoms with Gasteiger partial charge in [-0.1, -0.05) is 102 Å². The molecule has 0 bridgehead atoms. The molecule has 446 valence electrons. The number of rotatable bonds is 11. The number of nitrogens with one attached hydrogen (secondary N) is 4. The maximum absolute atomic E-state index is 14.9. The van der Waals surface area contributed by atoms with E-state index in [-0.39, 0.29) is 75.8 Å². The molecule has 21 nitrogen and oxygen atoms in total. The topological polar surface area (TPSA) is 258 Å². The summed E-state index contributed by atoms with van der Waals surface area (Å²) in [7, 11) is 5.76. The summed E-state index contributed by atoms with van der Waals surface area (Å²) in [4.78, 5) is 154. The summed E-state index contributed by atoms with van der Waals surface area (Å²) in [5.41, 5.74) is 1.41. The molecule has 21 heteroatoms. The van der Waals surface area contributed by atoms with E-state index in [9.17, 15) is 53.1 Å². The maximum atomic E-state index is 14.9. The first kappa shape index (κ1) is 64.9. The van der Waals surface area contributed by atoms with E-state index in [2.05, 4.69) is 21.3 Å². The molecule has 3 aliphatic rings. The number of nitrogens with zero attached hydrogens (tertiary/aromatic N) is 6. The quantitative estimate of drug-likeness (QED) is 0.218. The molecule has 0 saturated carbocycles. The Hall–Kier alpha value is -6.90. The minimum Gasteiger partial charge on any atom is -0.391 e. The highest BCUT2D eigenvalue weighted by Crippen LogP contribution is 2.26. The van der Waals surface area contributed by atoms with Crippen LogP contribution in [0.3, 0.4) is 0 Å². The average molecular weight is 1130 g/mol. The van der Waals surface area contributed by atoms with Crippen molar-refractivity contribution >= 4 is 59.1 Å². The molecule has 11 atom stereocenters. The van der Waals surface area contributed by atoms with Crippen molar-refractivity contribution < 1.29 is 53.1 Å². The van der Waals surface area contributed by atoms with Gasteiger partial charge in [0.15, 0.2) is 0 Å². The molecule has 0 aliphatic carbocycles. The second kappa shape index (κ2) is 29.2. The standard InChI is InChI=1S/C60H90N10O11/c1-35(2)30-43-55(76)65(10)38(7)51(72)61-45(32-37(5)6)57(78)69-28-20-26-46(69)58(79)67(12)48(33-41-22-16-14-17-23-41)53(74)63-44(31-36(3)4)56(77)66(11)39(8)52(73)64-50(40(9)71)60(81)70-29-21-27-47(70)59(80)68(13)49(54(75)62-43)34-42-24-18-15-19-25-42/h14-19,22-25,35-40,43-50,71H,20-21,26-34H2,1-13H3,(H,61,72)(H,62,75)(H,63,74)(H,64,73)/t38-,39-,40+,43-,44-,45-,46+,47+,48-,49-,50-/m0/s1. The molecule has 0 radical (unpaired) electrons. The summed E-state index contributed by atoms with van der Waals surface area (Å²) >= 11 is 0. The molecule has 3 aliphatic heterocycles. The van der Waals surface area contributed by atoms with Crippen LogP contribution in [0.25, 0.3) is 0 Å². The molecular weight excluding hydrogens is 1040 g/mol. The summed E-state index contributed by atoms with van der Waals surface area (Å²) < 4.78 is 0. The summed E-state index contributed by atoms with van der Waals surface area (Å²) in [5, 5.41) is 22.5. The van der Waals surface area contributed by atoms with E-state index in [0.717, 1.165) is 4.90 Å². The summed E-state index contributed by atoms with van der Waals surface area (Å²) in [6.07, 6.45) is 0.359. The van der Waals surface area contributed by atoms with Crippen molar-refractivity contribution in [3.8, 4) is 0 Å². The lowest BCUT2D eigenvalue weighted by molar-refractivity contribution is -0.151. The van der Waals surface area contributed by atoms with Gasteiger partial charge in [-0.15, -0.1) is 0 Å². The molecule has 0 spiro atoms. The van der Waals surface area contributed by atoms with Crippen molar-refractivity contribution in [3.05, 3.63) is 71.8 Å². The lowest BCUT2D eigenvalue weighted by Crippen LogP contribution is -2.62. The zero-order valence-electron chi connectivity index (χ0n) is 49.8.